The number of nitrogens with one attached hydrogen (secondary N) is 1. The van der Waals surface area contributed by atoms with Crippen molar-refractivity contribution in [2.24, 2.45) is 0 Å². The van der Waals surface area contributed by atoms with E-state index in [-0.39, 0.29) is 0 Å². The predicted molar refractivity (Wildman–Crippen MR) is 81.2 cm³/mol. The van der Waals surface area contributed by atoms with Crippen molar-refractivity contribution in [2.75, 3.05) is 11.9 Å². The summed E-state index contributed by atoms with van der Waals surface area (Å²) in [6, 6.07) is 2.05. The number of rotatable bonds is 5. The van der Waals surface area contributed by atoms with Gasteiger partial charge in [-0.15, -0.1) is 0 Å². The molecule has 2 aromatic heterocycles. The summed E-state index contributed by atoms with van der Waals surface area (Å²) >= 11 is 5.26. The van der Waals surface area contributed by atoms with E-state index in [2.05, 4.69) is 56.5 Å². The topological polar surface area (TPSA) is 37.8 Å². The van der Waals surface area contributed by atoms with Gasteiger partial charge in [0.1, 0.15) is 5.82 Å². The molecule has 0 saturated carbocycles. The molecule has 1 N–H and O–H groups in total. The zero-order chi connectivity index (χ0) is 13.0. The molecule has 3 nitrogen and oxygen atoms in total. The molecule has 0 aliphatic carbocycles. The average molecular weight is 326 g/mol. The molecule has 0 radical (unpaired) electrons. The lowest BCUT2D eigenvalue weighted by molar-refractivity contribution is 0.868. The zero-order valence-corrected chi connectivity index (χ0v) is 12.9. The lowest BCUT2D eigenvalue weighted by atomic mass is 10.2. The van der Waals surface area contributed by atoms with E-state index >= 15 is 0 Å². The summed E-state index contributed by atoms with van der Waals surface area (Å²) in [7, 11) is 0. The molecule has 0 unspecified atom stereocenters. The van der Waals surface area contributed by atoms with Crippen molar-refractivity contribution in [3.05, 3.63) is 27.0 Å². The highest BCUT2D eigenvalue weighted by molar-refractivity contribution is 9.10. The minimum absolute atomic E-state index is 0.804. The molecule has 0 atom stereocenters. The maximum Gasteiger partial charge on any atom is 0.162 e. The minimum atomic E-state index is 0.804. The standard InChI is InChI=1S/C13H16BrN3S/c1-3-5-10-11(14)13(15-4-2)17-12(16-10)9-6-7-18-8-9/h6-8H,3-5H2,1-2H3,(H,15,16,17). The van der Waals surface area contributed by atoms with E-state index in [1.807, 2.05) is 5.38 Å². The smallest absolute Gasteiger partial charge is 0.162 e. The summed E-state index contributed by atoms with van der Waals surface area (Å²) in [6.45, 7) is 5.08. The quantitative estimate of drug-likeness (QED) is 0.887. The highest BCUT2D eigenvalue weighted by Gasteiger charge is 2.12. The summed E-state index contributed by atoms with van der Waals surface area (Å²) < 4.78 is 0.991. The van der Waals surface area contributed by atoms with E-state index in [4.69, 9.17) is 0 Å². The second-order valence-corrected chi connectivity index (χ2v) is 5.52. The van der Waals surface area contributed by atoms with Gasteiger partial charge in [-0.25, -0.2) is 9.97 Å². The Morgan fingerprint density at radius 1 is 1.33 bits per heavy atom. The van der Waals surface area contributed by atoms with Gasteiger partial charge in [0.25, 0.3) is 0 Å². The summed E-state index contributed by atoms with van der Waals surface area (Å²) in [5, 5.41) is 7.41. The summed E-state index contributed by atoms with van der Waals surface area (Å²) in [4.78, 5) is 9.24. The van der Waals surface area contributed by atoms with Crippen molar-refractivity contribution in [1.82, 2.24) is 9.97 Å². The Labute approximate surface area is 120 Å². The molecular formula is C13H16BrN3S. The van der Waals surface area contributed by atoms with E-state index in [9.17, 15) is 0 Å². The van der Waals surface area contributed by atoms with Gasteiger partial charge in [-0.05, 0) is 40.7 Å². The van der Waals surface area contributed by atoms with Gasteiger partial charge in [0.05, 0.1) is 10.2 Å². The Bertz CT molecular complexity index is 484. The third-order valence-corrected chi connectivity index (χ3v) is 4.05. The summed E-state index contributed by atoms with van der Waals surface area (Å²) in [5.41, 5.74) is 2.16. The first-order valence-corrected chi connectivity index (χ1v) is 7.82. The Morgan fingerprint density at radius 2 is 2.17 bits per heavy atom. The fourth-order valence-electron chi connectivity index (χ4n) is 1.70. The van der Waals surface area contributed by atoms with Crippen LogP contribution in [0.3, 0.4) is 0 Å². The van der Waals surface area contributed by atoms with Crippen molar-refractivity contribution >= 4 is 33.1 Å². The molecule has 18 heavy (non-hydrogen) atoms. The first-order valence-electron chi connectivity index (χ1n) is 6.09. The normalized spacial score (nSPS) is 10.6. The second-order valence-electron chi connectivity index (χ2n) is 3.95. The molecule has 0 aliphatic heterocycles. The van der Waals surface area contributed by atoms with Crippen LogP contribution in [-0.4, -0.2) is 16.5 Å². The highest BCUT2D eigenvalue weighted by Crippen LogP contribution is 2.28. The number of halogens is 1. The van der Waals surface area contributed by atoms with Gasteiger partial charge in [-0.2, -0.15) is 11.3 Å². The Balaban J connectivity index is 2.47. The summed E-state index contributed by atoms with van der Waals surface area (Å²) in [5.74, 6) is 1.69. The molecule has 0 fully saturated rings. The third kappa shape index (κ3) is 2.90. The van der Waals surface area contributed by atoms with Crippen molar-refractivity contribution in [2.45, 2.75) is 26.7 Å². The van der Waals surface area contributed by atoms with E-state index in [1.54, 1.807) is 11.3 Å². The van der Waals surface area contributed by atoms with E-state index in [1.165, 1.54) is 0 Å². The van der Waals surface area contributed by atoms with Crippen LogP contribution < -0.4 is 5.32 Å². The van der Waals surface area contributed by atoms with Crippen LogP contribution in [0.15, 0.2) is 21.3 Å². The Hall–Kier alpha value is -0.940. The van der Waals surface area contributed by atoms with Gasteiger partial charge in [0.2, 0.25) is 0 Å². The van der Waals surface area contributed by atoms with Gasteiger partial charge in [0, 0.05) is 17.5 Å². The largest absolute Gasteiger partial charge is 0.369 e. The van der Waals surface area contributed by atoms with Crippen molar-refractivity contribution in [1.29, 1.82) is 0 Å². The maximum atomic E-state index is 4.66. The molecule has 2 heterocycles. The Morgan fingerprint density at radius 3 is 2.78 bits per heavy atom. The third-order valence-electron chi connectivity index (χ3n) is 2.53. The van der Waals surface area contributed by atoms with Gasteiger partial charge in [0.15, 0.2) is 5.82 Å². The lowest BCUT2D eigenvalue weighted by Crippen LogP contribution is -2.06. The van der Waals surface area contributed by atoms with Crippen LogP contribution in [0, 0.1) is 0 Å². The Kier molecular flexibility index (Phi) is 4.72. The molecular weight excluding hydrogens is 310 g/mol. The zero-order valence-electron chi connectivity index (χ0n) is 10.5. The molecule has 0 amide bonds. The van der Waals surface area contributed by atoms with Crippen LogP contribution in [-0.2, 0) is 6.42 Å². The number of anilines is 1. The van der Waals surface area contributed by atoms with Gasteiger partial charge < -0.3 is 5.32 Å². The number of thiophene rings is 1. The van der Waals surface area contributed by atoms with E-state index in [0.717, 1.165) is 46.8 Å². The number of aryl methyl sites for hydroxylation is 1. The first-order chi connectivity index (χ1) is 8.76. The predicted octanol–water partition coefficient (Wildman–Crippen LogP) is 4.35. The average Bonchev–Trinajstić information content (AvgIpc) is 2.88. The van der Waals surface area contributed by atoms with Gasteiger partial charge in [-0.1, -0.05) is 13.3 Å². The van der Waals surface area contributed by atoms with Crippen LogP contribution in [0.25, 0.3) is 11.4 Å². The molecule has 2 aromatic rings. The minimum Gasteiger partial charge on any atom is -0.369 e. The fourth-order valence-corrected chi connectivity index (χ4v) is 2.85. The molecule has 0 saturated heterocycles. The van der Waals surface area contributed by atoms with Gasteiger partial charge >= 0.3 is 0 Å². The highest BCUT2D eigenvalue weighted by atomic mass is 79.9. The molecule has 0 aromatic carbocycles. The molecule has 96 valence electrons. The van der Waals surface area contributed by atoms with Crippen LogP contribution in [0.4, 0.5) is 5.82 Å². The second kappa shape index (κ2) is 6.29. The van der Waals surface area contributed by atoms with Crippen LogP contribution in [0.1, 0.15) is 26.0 Å². The lowest BCUT2D eigenvalue weighted by Gasteiger charge is -2.11. The van der Waals surface area contributed by atoms with Crippen molar-refractivity contribution < 1.29 is 0 Å². The maximum absolute atomic E-state index is 4.66. The molecule has 0 aliphatic rings. The number of aromatic nitrogens is 2. The molecule has 2 rings (SSSR count). The fraction of sp³-hybridized carbons (Fsp3) is 0.385. The summed E-state index contributed by atoms with van der Waals surface area (Å²) in [6.07, 6.45) is 2.03. The number of hydrogen-bond acceptors (Lipinski definition) is 4. The number of nitrogens with zero attached hydrogens (tertiary/aromatic N) is 2. The number of hydrogen-bond donors (Lipinski definition) is 1. The van der Waals surface area contributed by atoms with Crippen molar-refractivity contribution in [3.8, 4) is 11.4 Å². The van der Waals surface area contributed by atoms with E-state index in [0.29, 0.717) is 0 Å². The van der Waals surface area contributed by atoms with Crippen LogP contribution >= 0.6 is 27.3 Å². The van der Waals surface area contributed by atoms with Crippen molar-refractivity contribution in [3.63, 3.8) is 0 Å². The first kappa shape index (κ1) is 13.5. The van der Waals surface area contributed by atoms with Gasteiger partial charge in [-0.3, -0.25) is 0 Å². The van der Waals surface area contributed by atoms with Crippen LogP contribution in [0.5, 0.6) is 0 Å². The monoisotopic (exact) mass is 325 g/mol. The molecule has 0 bridgehead atoms. The van der Waals surface area contributed by atoms with Crippen LogP contribution in [0.2, 0.25) is 0 Å². The molecule has 0 spiro atoms. The SMILES string of the molecule is CCCc1nc(-c2ccsc2)nc(NCC)c1Br. The van der Waals surface area contributed by atoms with E-state index < -0.39 is 0 Å². The molecule has 5 heteroatoms.